The minimum Gasteiger partial charge on any atom is -0.497 e. The van der Waals surface area contributed by atoms with Gasteiger partial charge in [0.15, 0.2) is 5.75 Å². The molecule has 0 saturated heterocycles. The van der Waals surface area contributed by atoms with Crippen molar-refractivity contribution in [2.24, 2.45) is 7.05 Å². The number of rotatable bonds is 9. The molecule has 5 heteroatoms. The normalized spacial score (nSPS) is 11.7. The lowest BCUT2D eigenvalue weighted by Gasteiger charge is -2.18. The number of methoxy groups -OCH3 is 1. The summed E-state index contributed by atoms with van der Waals surface area (Å²) >= 11 is 0. The van der Waals surface area contributed by atoms with Gasteiger partial charge in [-0.15, -0.1) is 0 Å². The molecule has 0 N–H and O–H groups in total. The van der Waals surface area contributed by atoms with Crippen molar-refractivity contribution < 1.29 is 14.2 Å². The monoisotopic (exact) mass is 399 g/mol. The highest BCUT2D eigenvalue weighted by Gasteiger charge is 2.19. The summed E-state index contributed by atoms with van der Waals surface area (Å²) in [5.41, 5.74) is 3.07. The predicted molar refractivity (Wildman–Crippen MR) is 119 cm³/mol. The molecule has 0 bridgehead atoms. The summed E-state index contributed by atoms with van der Waals surface area (Å²) in [7, 11) is 3.34. The molecule has 1 heterocycles. The molecule has 0 fully saturated rings. The number of ether oxygens (including phenoxy) is 3. The zero-order chi connectivity index (χ0) is 21.6. The summed E-state index contributed by atoms with van der Waals surface area (Å²) < 4.78 is 18.8. The average molecular weight is 400 g/mol. The quantitative estimate of drug-likeness (QED) is 0.529. The fourth-order valence-corrected chi connectivity index (χ4v) is 3.03. The van der Waals surface area contributed by atoms with Crippen LogP contribution in [-0.2, 0) is 7.05 Å². The number of fused-ring (bicyclic) bond motifs is 1. The van der Waals surface area contributed by atoms with E-state index in [9.17, 15) is 4.79 Å². The minimum atomic E-state index is -0.225. The third kappa shape index (κ3) is 5.89. The fourth-order valence-electron chi connectivity index (χ4n) is 3.03. The summed E-state index contributed by atoms with van der Waals surface area (Å²) in [4.78, 5) is 13.0. The van der Waals surface area contributed by atoms with Crippen LogP contribution < -0.4 is 19.8 Å². The van der Waals surface area contributed by atoms with E-state index in [-0.39, 0.29) is 17.4 Å². The van der Waals surface area contributed by atoms with Crippen LogP contribution in [0.3, 0.4) is 0 Å². The van der Waals surface area contributed by atoms with Gasteiger partial charge in [-0.05, 0) is 65.7 Å². The van der Waals surface area contributed by atoms with Gasteiger partial charge in [0.1, 0.15) is 12.4 Å². The summed E-state index contributed by atoms with van der Waals surface area (Å²) in [6, 6.07) is 5.59. The van der Waals surface area contributed by atoms with Crippen LogP contribution in [0.5, 0.6) is 17.2 Å². The van der Waals surface area contributed by atoms with Crippen molar-refractivity contribution in [1.82, 2.24) is 4.57 Å². The van der Waals surface area contributed by atoms with Gasteiger partial charge < -0.3 is 18.8 Å². The van der Waals surface area contributed by atoms with Gasteiger partial charge in [-0.2, -0.15) is 0 Å². The molecule has 29 heavy (non-hydrogen) atoms. The number of hydrogen-bond donors (Lipinski definition) is 0. The molecule has 2 rings (SSSR count). The van der Waals surface area contributed by atoms with Crippen LogP contribution in [0.25, 0.3) is 10.9 Å². The Balaban J connectivity index is 2.37. The highest BCUT2D eigenvalue weighted by Crippen LogP contribution is 2.35. The van der Waals surface area contributed by atoms with Gasteiger partial charge in [0.25, 0.3) is 5.56 Å². The van der Waals surface area contributed by atoms with Crippen LogP contribution in [0.15, 0.2) is 46.3 Å². The second kappa shape index (κ2) is 10.2. The number of nitrogens with zero attached hydrogens (tertiary/aromatic N) is 1. The molecule has 0 radical (unpaired) electrons. The number of benzene rings is 1. The Morgan fingerprint density at radius 2 is 1.86 bits per heavy atom. The Morgan fingerprint density at radius 3 is 2.48 bits per heavy atom. The molecule has 0 aliphatic heterocycles. The molecule has 1 aromatic carbocycles. The van der Waals surface area contributed by atoms with E-state index >= 15 is 0 Å². The first kappa shape index (κ1) is 22.6. The molecule has 0 atom stereocenters. The van der Waals surface area contributed by atoms with Crippen molar-refractivity contribution in [3.63, 3.8) is 0 Å². The molecule has 0 amide bonds. The van der Waals surface area contributed by atoms with Crippen LogP contribution in [0, 0.1) is 0 Å². The highest BCUT2D eigenvalue weighted by atomic mass is 16.5. The smallest absolute Gasteiger partial charge is 0.297 e. The van der Waals surface area contributed by atoms with Crippen LogP contribution in [-0.4, -0.2) is 24.4 Å². The van der Waals surface area contributed by atoms with Gasteiger partial charge in [-0.25, -0.2) is 0 Å². The summed E-state index contributed by atoms with van der Waals surface area (Å²) in [5, 5.41) is 0.820. The molecule has 2 aromatic rings. The van der Waals surface area contributed by atoms with Crippen molar-refractivity contribution in [3.8, 4) is 17.2 Å². The molecule has 158 valence electrons. The van der Waals surface area contributed by atoms with E-state index in [0.29, 0.717) is 18.1 Å². The molecular weight excluding hydrogens is 366 g/mol. The zero-order valence-electron chi connectivity index (χ0n) is 18.7. The minimum absolute atomic E-state index is 0.0869. The largest absolute Gasteiger partial charge is 0.497 e. The lowest BCUT2D eigenvalue weighted by molar-refractivity contribution is 0.227. The maximum Gasteiger partial charge on any atom is 0.297 e. The summed E-state index contributed by atoms with van der Waals surface area (Å²) in [6.45, 7) is 10.5. The number of hydrogen-bond acceptors (Lipinski definition) is 4. The second-order valence-corrected chi connectivity index (χ2v) is 7.75. The topological polar surface area (TPSA) is 49.7 Å². The Kier molecular flexibility index (Phi) is 7.94. The number of allylic oxidation sites excluding steroid dienone is 3. The summed E-state index contributed by atoms with van der Waals surface area (Å²) in [5.74, 6) is 1.41. The predicted octanol–water partition coefficient (Wildman–Crippen LogP) is 5.41. The fraction of sp³-hybridized carbons (Fsp3) is 0.458. The number of aromatic nitrogens is 1. The van der Waals surface area contributed by atoms with Gasteiger partial charge in [-0.3, -0.25) is 4.79 Å². The number of aryl methyl sites for hydroxylation is 1. The van der Waals surface area contributed by atoms with Crippen molar-refractivity contribution >= 4 is 10.9 Å². The van der Waals surface area contributed by atoms with Crippen LogP contribution in [0.2, 0.25) is 0 Å². The molecule has 0 spiro atoms. The van der Waals surface area contributed by atoms with Crippen molar-refractivity contribution in [2.45, 2.75) is 53.6 Å². The average Bonchev–Trinajstić information content (AvgIpc) is 2.67. The van der Waals surface area contributed by atoms with E-state index in [4.69, 9.17) is 14.2 Å². The lowest BCUT2D eigenvalue weighted by Crippen LogP contribution is -2.22. The molecule has 0 aliphatic carbocycles. The Hall–Kier alpha value is -2.69. The van der Waals surface area contributed by atoms with Gasteiger partial charge in [0.2, 0.25) is 5.75 Å². The van der Waals surface area contributed by atoms with E-state index in [1.54, 1.807) is 18.7 Å². The Bertz CT molecular complexity index is 963. The maximum atomic E-state index is 13.0. The van der Waals surface area contributed by atoms with E-state index in [1.165, 1.54) is 11.1 Å². The highest BCUT2D eigenvalue weighted by molar-refractivity contribution is 5.89. The van der Waals surface area contributed by atoms with Gasteiger partial charge in [-0.1, -0.05) is 17.2 Å². The standard InChI is InChI=1S/C24H33NO4/c1-16(2)9-8-10-18(5)13-14-28-23-22(29-17(3)4)20-12-11-19(27-7)15-21(20)25(6)24(23)26/h9,11-13,15,17H,8,10,14H2,1-7H3/b18-13+. The summed E-state index contributed by atoms with van der Waals surface area (Å²) in [6.07, 6.45) is 6.14. The van der Waals surface area contributed by atoms with Crippen LogP contribution in [0.1, 0.15) is 47.5 Å². The van der Waals surface area contributed by atoms with Gasteiger partial charge in [0.05, 0.1) is 18.7 Å². The first-order valence-corrected chi connectivity index (χ1v) is 10.0. The van der Waals surface area contributed by atoms with Gasteiger partial charge in [0, 0.05) is 18.5 Å². The van der Waals surface area contributed by atoms with E-state index in [1.807, 2.05) is 38.1 Å². The van der Waals surface area contributed by atoms with E-state index in [2.05, 4.69) is 26.8 Å². The first-order valence-electron chi connectivity index (χ1n) is 10.0. The van der Waals surface area contributed by atoms with Crippen molar-refractivity contribution in [3.05, 3.63) is 51.9 Å². The lowest BCUT2D eigenvalue weighted by atomic mass is 10.1. The Labute approximate surface area is 173 Å². The number of pyridine rings is 1. The second-order valence-electron chi connectivity index (χ2n) is 7.75. The molecule has 1 aromatic heterocycles. The molecule has 0 aliphatic rings. The third-order valence-electron chi connectivity index (χ3n) is 4.62. The van der Waals surface area contributed by atoms with Crippen LogP contribution >= 0.6 is 0 Å². The molecule has 0 saturated carbocycles. The maximum absolute atomic E-state index is 13.0. The van der Waals surface area contributed by atoms with Gasteiger partial charge >= 0.3 is 0 Å². The van der Waals surface area contributed by atoms with E-state index in [0.717, 1.165) is 23.7 Å². The zero-order valence-corrected chi connectivity index (χ0v) is 18.7. The molecule has 5 nitrogen and oxygen atoms in total. The van der Waals surface area contributed by atoms with E-state index < -0.39 is 0 Å². The van der Waals surface area contributed by atoms with Crippen LogP contribution in [0.4, 0.5) is 0 Å². The third-order valence-corrected chi connectivity index (χ3v) is 4.62. The first-order chi connectivity index (χ1) is 13.7. The van der Waals surface area contributed by atoms with Crippen molar-refractivity contribution in [2.75, 3.05) is 13.7 Å². The SMILES string of the molecule is COc1ccc2c(OC(C)C)c(OC/C=C(\C)CCC=C(C)C)c(=O)n(C)c2c1. The molecular formula is C24H33NO4. The van der Waals surface area contributed by atoms with Crippen molar-refractivity contribution in [1.29, 1.82) is 0 Å². The molecule has 0 unspecified atom stereocenters. The Morgan fingerprint density at radius 1 is 1.14 bits per heavy atom.